The Morgan fingerprint density at radius 3 is 2.71 bits per heavy atom. The minimum absolute atomic E-state index is 0.112. The second-order valence-corrected chi connectivity index (χ2v) is 8.76. The largest absolute Gasteiger partial charge is 0.497 e. The summed E-state index contributed by atoms with van der Waals surface area (Å²) in [5.41, 5.74) is 3.27. The second-order valence-electron chi connectivity index (χ2n) is 6.87. The van der Waals surface area contributed by atoms with Crippen LogP contribution in [0.1, 0.15) is 26.6 Å². The van der Waals surface area contributed by atoms with Gasteiger partial charge >= 0.3 is 0 Å². The van der Waals surface area contributed by atoms with E-state index < -0.39 is 0 Å². The normalized spacial score (nSPS) is 10.8. The molecule has 0 unspecified atom stereocenters. The molecule has 2 aromatic heterocycles. The third kappa shape index (κ3) is 5.15. The molecule has 4 aromatic rings. The van der Waals surface area contributed by atoms with E-state index in [9.17, 15) is 4.79 Å². The smallest absolute Gasteiger partial charge is 0.261 e. The average Bonchev–Trinajstić information content (AvgIpc) is 3.47. The van der Waals surface area contributed by atoms with Crippen molar-refractivity contribution in [2.24, 2.45) is 0 Å². The Balaban J connectivity index is 1.57. The zero-order chi connectivity index (χ0) is 21.6. The number of aromatic nitrogens is 3. The number of ether oxygens (including phenoxy) is 1. The summed E-state index contributed by atoms with van der Waals surface area (Å²) in [5, 5.41) is 14.4. The maximum Gasteiger partial charge on any atom is 0.261 e. The molecule has 0 saturated heterocycles. The van der Waals surface area contributed by atoms with Gasteiger partial charge in [0.1, 0.15) is 5.75 Å². The molecule has 0 aliphatic rings. The molecule has 31 heavy (non-hydrogen) atoms. The number of nitrogens with zero attached hydrogens (tertiary/aromatic N) is 3. The van der Waals surface area contributed by atoms with Crippen LogP contribution in [0.5, 0.6) is 5.75 Å². The summed E-state index contributed by atoms with van der Waals surface area (Å²) >= 11 is 3.01. The highest BCUT2D eigenvalue weighted by atomic mass is 32.2. The van der Waals surface area contributed by atoms with Crippen molar-refractivity contribution in [2.45, 2.75) is 24.4 Å². The van der Waals surface area contributed by atoms with Gasteiger partial charge in [-0.1, -0.05) is 47.7 Å². The summed E-state index contributed by atoms with van der Waals surface area (Å²) in [4.78, 5) is 13.0. The maximum absolute atomic E-state index is 12.4. The molecular weight excluding hydrogens is 428 g/mol. The molecule has 4 rings (SSSR count). The minimum atomic E-state index is -0.112. The Hall–Kier alpha value is -3.10. The van der Waals surface area contributed by atoms with Crippen molar-refractivity contribution in [3.63, 3.8) is 0 Å². The molecule has 1 amide bonds. The Bertz CT molecular complexity index is 1150. The molecule has 0 atom stereocenters. The molecule has 6 nitrogen and oxygen atoms in total. The summed E-state index contributed by atoms with van der Waals surface area (Å²) in [7, 11) is 1.66. The lowest BCUT2D eigenvalue weighted by Gasteiger charge is -2.11. The van der Waals surface area contributed by atoms with Gasteiger partial charge in [0.25, 0.3) is 5.91 Å². The third-order valence-electron chi connectivity index (χ3n) is 4.65. The first-order chi connectivity index (χ1) is 15.1. The van der Waals surface area contributed by atoms with Gasteiger partial charge in [0, 0.05) is 11.4 Å². The SMILES string of the molecule is COc1cccc(CSc2nnc(CNC(=O)c3cccs3)n2-c2ccc(C)cc2)c1. The highest BCUT2D eigenvalue weighted by Gasteiger charge is 2.16. The van der Waals surface area contributed by atoms with Crippen molar-refractivity contribution < 1.29 is 9.53 Å². The molecule has 1 N–H and O–H groups in total. The van der Waals surface area contributed by atoms with E-state index in [4.69, 9.17) is 4.74 Å². The number of carbonyl (C=O) groups is 1. The van der Waals surface area contributed by atoms with E-state index in [1.54, 1.807) is 24.9 Å². The van der Waals surface area contributed by atoms with Gasteiger partial charge in [0.15, 0.2) is 11.0 Å². The van der Waals surface area contributed by atoms with Crippen LogP contribution in [0.25, 0.3) is 5.69 Å². The van der Waals surface area contributed by atoms with E-state index in [-0.39, 0.29) is 12.5 Å². The number of thiophene rings is 1. The van der Waals surface area contributed by atoms with Gasteiger partial charge < -0.3 is 10.1 Å². The fourth-order valence-electron chi connectivity index (χ4n) is 3.03. The second kappa shape index (κ2) is 9.80. The lowest BCUT2D eigenvalue weighted by Crippen LogP contribution is -2.23. The van der Waals surface area contributed by atoms with Crippen molar-refractivity contribution in [1.29, 1.82) is 0 Å². The summed E-state index contributed by atoms with van der Waals surface area (Å²) in [6.07, 6.45) is 0. The summed E-state index contributed by atoms with van der Waals surface area (Å²) in [5.74, 6) is 2.12. The van der Waals surface area contributed by atoms with Crippen molar-refractivity contribution in [1.82, 2.24) is 20.1 Å². The summed E-state index contributed by atoms with van der Waals surface area (Å²) in [6.45, 7) is 2.34. The maximum atomic E-state index is 12.4. The Morgan fingerprint density at radius 1 is 1.13 bits per heavy atom. The quantitative estimate of drug-likeness (QED) is 0.388. The van der Waals surface area contributed by atoms with E-state index in [1.165, 1.54) is 16.9 Å². The van der Waals surface area contributed by atoms with Gasteiger partial charge in [-0.15, -0.1) is 21.5 Å². The molecule has 8 heteroatoms. The predicted molar refractivity (Wildman–Crippen MR) is 124 cm³/mol. The molecule has 0 aliphatic carbocycles. The van der Waals surface area contributed by atoms with Crippen LogP contribution in [0, 0.1) is 6.92 Å². The van der Waals surface area contributed by atoms with E-state index in [0.717, 1.165) is 27.9 Å². The van der Waals surface area contributed by atoms with Crippen LogP contribution in [0.3, 0.4) is 0 Å². The van der Waals surface area contributed by atoms with Gasteiger partial charge in [-0.25, -0.2) is 0 Å². The van der Waals surface area contributed by atoms with Crippen LogP contribution in [0.2, 0.25) is 0 Å². The van der Waals surface area contributed by atoms with Crippen LogP contribution in [-0.2, 0) is 12.3 Å². The topological polar surface area (TPSA) is 69.0 Å². The van der Waals surface area contributed by atoms with E-state index in [2.05, 4.69) is 40.6 Å². The average molecular weight is 451 g/mol. The fourth-order valence-corrected chi connectivity index (χ4v) is 4.58. The van der Waals surface area contributed by atoms with Gasteiger partial charge in [-0.3, -0.25) is 9.36 Å². The van der Waals surface area contributed by atoms with Crippen molar-refractivity contribution in [3.05, 3.63) is 87.9 Å². The highest BCUT2D eigenvalue weighted by molar-refractivity contribution is 7.98. The summed E-state index contributed by atoms with van der Waals surface area (Å²) in [6, 6.07) is 19.8. The number of rotatable bonds is 8. The number of methoxy groups -OCH3 is 1. The van der Waals surface area contributed by atoms with Crippen molar-refractivity contribution in [3.8, 4) is 11.4 Å². The molecule has 158 valence electrons. The lowest BCUT2D eigenvalue weighted by molar-refractivity contribution is 0.0953. The zero-order valence-electron chi connectivity index (χ0n) is 17.2. The van der Waals surface area contributed by atoms with Gasteiger partial charge in [-0.05, 0) is 48.2 Å². The van der Waals surface area contributed by atoms with E-state index in [0.29, 0.717) is 10.7 Å². The molecule has 2 heterocycles. The molecule has 0 bridgehead atoms. The Morgan fingerprint density at radius 2 is 1.97 bits per heavy atom. The number of benzene rings is 2. The Kier molecular flexibility index (Phi) is 6.69. The Labute approximate surface area is 189 Å². The molecule has 0 aliphatic heterocycles. The van der Waals surface area contributed by atoms with Crippen molar-refractivity contribution >= 4 is 29.0 Å². The number of aryl methyl sites for hydroxylation is 1. The number of hydrogen-bond acceptors (Lipinski definition) is 6. The monoisotopic (exact) mass is 450 g/mol. The molecule has 0 saturated carbocycles. The zero-order valence-corrected chi connectivity index (χ0v) is 18.9. The molecule has 0 radical (unpaired) electrons. The van der Waals surface area contributed by atoms with Crippen LogP contribution >= 0.6 is 23.1 Å². The van der Waals surface area contributed by atoms with E-state index >= 15 is 0 Å². The molecule has 2 aromatic carbocycles. The molecule has 0 spiro atoms. The minimum Gasteiger partial charge on any atom is -0.497 e. The lowest BCUT2D eigenvalue weighted by atomic mass is 10.2. The molecule has 0 fully saturated rings. The van der Waals surface area contributed by atoms with Crippen LogP contribution in [0.15, 0.2) is 71.2 Å². The number of hydrogen-bond donors (Lipinski definition) is 1. The van der Waals surface area contributed by atoms with Crippen LogP contribution < -0.4 is 10.1 Å². The third-order valence-corrected chi connectivity index (χ3v) is 6.52. The van der Waals surface area contributed by atoms with Gasteiger partial charge in [-0.2, -0.15) is 0 Å². The van der Waals surface area contributed by atoms with Crippen LogP contribution in [0.4, 0.5) is 0 Å². The van der Waals surface area contributed by atoms with Crippen LogP contribution in [-0.4, -0.2) is 27.8 Å². The number of carbonyl (C=O) groups excluding carboxylic acids is 1. The number of amides is 1. The van der Waals surface area contributed by atoms with Gasteiger partial charge in [0.05, 0.1) is 18.5 Å². The van der Waals surface area contributed by atoms with E-state index in [1.807, 2.05) is 46.3 Å². The van der Waals surface area contributed by atoms with Crippen molar-refractivity contribution in [2.75, 3.05) is 7.11 Å². The first-order valence-corrected chi connectivity index (χ1v) is 11.6. The first-order valence-electron chi connectivity index (χ1n) is 9.73. The number of nitrogens with one attached hydrogen (secondary N) is 1. The number of thioether (sulfide) groups is 1. The molecular formula is C23H22N4O2S2. The fraction of sp³-hybridized carbons (Fsp3) is 0.174. The highest BCUT2D eigenvalue weighted by Crippen LogP contribution is 2.27. The first kappa shape index (κ1) is 21.1. The summed E-state index contributed by atoms with van der Waals surface area (Å²) < 4.78 is 7.32. The predicted octanol–water partition coefficient (Wildman–Crippen LogP) is 4.87. The standard InChI is InChI=1S/C23H22N4O2S2/c1-16-8-10-18(11-9-16)27-21(14-24-22(28)20-7-4-12-30-20)25-26-23(27)31-15-17-5-3-6-19(13-17)29-2/h3-13H,14-15H2,1-2H3,(H,24,28). The van der Waals surface area contributed by atoms with Gasteiger partial charge in [0.2, 0.25) is 0 Å².